The maximum atomic E-state index is 6.18. The molecule has 0 atom stereocenters. The van der Waals surface area contributed by atoms with E-state index in [2.05, 4.69) is 10.1 Å². The van der Waals surface area contributed by atoms with Gasteiger partial charge in [-0.25, -0.2) is 0 Å². The largest absolute Gasteiger partial charge is 0.339 e. The predicted octanol–water partition coefficient (Wildman–Crippen LogP) is 3.33. The molecule has 0 aliphatic rings. The van der Waals surface area contributed by atoms with Crippen molar-refractivity contribution in [2.24, 2.45) is 5.73 Å². The summed E-state index contributed by atoms with van der Waals surface area (Å²) in [5.41, 5.74) is 6.30. The summed E-state index contributed by atoms with van der Waals surface area (Å²) < 4.78 is 5.38. The molecule has 2 aromatic rings. The number of benzene rings is 1. The first-order valence-electron chi connectivity index (χ1n) is 6.57. The molecule has 2 N–H and O–H groups in total. The number of hydrogen-bond donors (Lipinski definition) is 1. The van der Waals surface area contributed by atoms with Crippen molar-refractivity contribution < 1.29 is 4.52 Å². The fourth-order valence-corrected chi connectivity index (χ4v) is 1.87. The van der Waals surface area contributed by atoms with Gasteiger partial charge in [-0.3, -0.25) is 0 Å². The number of nitrogens with zero attached hydrogens (tertiary/aromatic N) is 2. The van der Waals surface area contributed by atoms with E-state index in [1.807, 2.05) is 52.0 Å². The third-order valence-electron chi connectivity index (χ3n) is 3.92. The van der Waals surface area contributed by atoms with Crippen LogP contribution in [0.15, 0.2) is 28.8 Å². The molecule has 1 aromatic heterocycles. The van der Waals surface area contributed by atoms with E-state index >= 15 is 0 Å². The molecular formula is C15H20ClN3O. The zero-order valence-electron chi connectivity index (χ0n) is 12.3. The monoisotopic (exact) mass is 293 g/mol. The number of nitrogens with two attached hydrogens (primary N) is 1. The summed E-state index contributed by atoms with van der Waals surface area (Å²) in [4.78, 5) is 4.47. The van der Waals surface area contributed by atoms with Crippen LogP contribution in [0.3, 0.4) is 0 Å². The lowest BCUT2D eigenvalue weighted by atomic mass is 9.75. The fraction of sp³-hybridized carbons (Fsp3) is 0.467. The molecule has 0 saturated carbocycles. The summed E-state index contributed by atoms with van der Waals surface area (Å²) in [7, 11) is 0. The summed E-state index contributed by atoms with van der Waals surface area (Å²) in [6.07, 6.45) is 0.546. The van der Waals surface area contributed by atoms with Gasteiger partial charge in [0.15, 0.2) is 5.82 Å². The maximum absolute atomic E-state index is 6.18. The van der Waals surface area contributed by atoms with Crippen molar-refractivity contribution in [3.05, 3.63) is 46.6 Å². The second-order valence-electron chi connectivity index (χ2n) is 6.13. The average molecular weight is 294 g/mol. The molecule has 5 heteroatoms. The molecule has 4 nitrogen and oxygen atoms in total. The van der Waals surface area contributed by atoms with E-state index in [-0.39, 0.29) is 0 Å². The Bertz CT molecular complexity index is 599. The van der Waals surface area contributed by atoms with Gasteiger partial charge in [0.2, 0.25) is 5.89 Å². The van der Waals surface area contributed by atoms with Crippen LogP contribution in [-0.4, -0.2) is 15.7 Å². The zero-order chi connectivity index (χ0) is 15.0. The fourth-order valence-electron chi connectivity index (χ4n) is 1.67. The lowest BCUT2D eigenvalue weighted by Gasteiger charge is -2.34. The van der Waals surface area contributed by atoms with Crippen LogP contribution in [0.5, 0.6) is 0 Å². The van der Waals surface area contributed by atoms with Crippen molar-refractivity contribution in [2.45, 2.75) is 45.1 Å². The Kier molecular flexibility index (Phi) is 3.89. The topological polar surface area (TPSA) is 64.9 Å². The smallest absolute Gasteiger partial charge is 0.234 e. The van der Waals surface area contributed by atoms with Crippen molar-refractivity contribution in [1.29, 1.82) is 0 Å². The molecule has 1 aromatic carbocycles. The molecule has 0 saturated heterocycles. The molecule has 0 aliphatic heterocycles. The number of rotatable bonds is 4. The third-order valence-corrected chi connectivity index (χ3v) is 4.29. The van der Waals surface area contributed by atoms with Gasteiger partial charge < -0.3 is 10.3 Å². The Morgan fingerprint density at radius 2 is 1.85 bits per heavy atom. The average Bonchev–Trinajstić information content (AvgIpc) is 2.80. The van der Waals surface area contributed by atoms with E-state index in [1.54, 1.807) is 0 Å². The van der Waals surface area contributed by atoms with Gasteiger partial charge in [0.25, 0.3) is 0 Å². The number of aromatic nitrogens is 2. The van der Waals surface area contributed by atoms with Gasteiger partial charge in [0.1, 0.15) is 0 Å². The second kappa shape index (κ2) is 5.19. The van der Waals surface area contributed by atoms with E-state index in [4.69, 9.17) is 21.9 Å². The third kappa shape index (κ3) is 2.86. The molecule has 0 unspecified atom stereocenters. The van der Waals surface area contributed by atoms with Gasteiger partial charge >= 0.3 is 0 Å². The van der Waals surface area contributed by atoms with Crippen molar-refractivity contribution in [3.8, 4) is 0 Å². The maximum Gasteiger partial charge on any atom is 0.234 e. The van der Waals surface area contributed by atoms with E-state index in [0.29, 0.717) is 23.2 Å². The van der Waals surface area contributed by atoms with Crippen LogP contribution in [0.25, 0.3) is 0 Å². The van der Waals surface area contributed by atoms with Crippen LogP contribution < -0.4 is 5.73 Å². The van der Waals surface area contributed by atoms with Crippen molar-refractivity contribution in [3.63, 3.8) is 0 Å². The summed E-state index contributed by atoms with van der Waals surface area (Å²) in [6, 6.07) is 7.64. The molecule has 1 heterocycles. The molecule has 0 bridgehead atoms. The highest BCUT2D eigenvalue weighted by atomic mass is 35.5. The van der Waals surface area contributed by atoms with Crippen LogP contribution in [0.4, 0.5) is 0 Å². The lowest BCUT2D eigenvalue weighted by molar-refractivity contribution is 0.222. The summed E-state index contributed by atoms with van der Waals surface area (Å²) >= 11 is 6.14. The minimum atomic E-state index is -0.457. The molecule has 0 amide bonds. The second-order valence-corrected chi connectivity index (χ2v) is 6.54. The summed E-state index contributed by atoms with van der Waals surface area (Å²) in [5, 5.41) is 4.74. The SMILES string of the molecule is CC(C)(N)C(C)(C)c1nc(Cc2ccccc2Cl)no1. The van der Waals surface area contributed by atoms with Gasteiger partial charge in [-0.2, -0.15) is 4.98 Å². The van der Waals surface area contributed by atoms with Gasteiger partial charge in [-0.1, -0.05) is 35.0 Å². The zero-order valence-corrected chi connectivity index (χ0v) is 13.0. The van der Waals surface area contributed by atoms with E-state index in [1.165, 1.54) is 0 Å². The van der Waals surface area contributed by atoms with Gasteiger partial charge in [-0.05, 0) is 39.3 Å². The molecule has 108 valence electrons. The van der Waals surface area contributed by atoms with Crippen LogP contribution in [0.2, 0.25) is 5.02 Å². The summed E-state index contributed by atoms with van der Waals surface area (Å²) in [6.45, 7) is 7.90. The molecule has 2 rings (SSSR count). The standard InChI is InChI=1S/C15H20ClN3O/c1-14(2,15(3,4)17)13-18-12(19-20-13)9-10-7-5-6-8-11(10)16/h5-8H,9,17H2,1-4H3. The van der Waals surface area contributed by atoms with E-state index in [0.717, 1.165) is 5.56 Å². The van der Waals surface area contributed by atoms with Gasteiger partial charge in [0, 0.05) is 17.0 Å². The quantitative estimate of drug-likeness (QED) is 0.939. The molecule has 0 spiro atoms. The Labute approximate surface area is 124 Å². The first-order valence-corrected chi connectivity index (χ1v) is 6.95. The Morgan fingerprint density at radius 3 is 2.45 bits per heavy atom. The van der Waals surface area contributed by atoms with Crippen LogP contribution in [0, 0.1) is 0 Å². The Balaban J connectivity index is 2.24. The normalized spacial score (nSPS) is 12.7. The molecule has 20 heavy (non-hydrogen) atoms. The van der Waals surface area contributed by atoms with Crippen molar-refractivity contribution >= 4 is 11.6 Å². The lowest BCUT2D eigenvalue weighted by Crippen LogP contribution is -2.50. The molecule has 0 aliphatic carbocycles. The van der Waals surface area contributed by atoms with Gasteiger partial charge in [0.05, 0.1) is 5.41 Å². The van der Waals surface area contributed by atoms with Crippen LogP contribution >= 0.6 is 11.6 Å². The first kappa shape index (κ1) is 15.0. The van der Waals surface area contributed by atoms with Gasteiger partial charge in [-0.15, -0.1) is 0 Å². The first-order chi connectivity index (χ1) is 9.22. The van der Waals surface area contributed by atoms with Crippen LogP contribution in [-0.2, 0) is 11.8 Å². The Morgan fingerprint density at radius 1 is 1.20 bits per heavy atom. The highest BCUT2D eigenvalue weighted by Gasteiger charge is 2.40. The Hall–Kier alpha value is -1.39. The summed E-state index contributed by atoms with van der Waals surface area (Å²) in [5.74, 6) is 1.16. The molecular weight excluding hydrogens is 274 g/mol. The predicted molar refractivity (Wildman–Crippen MR) is 79.8 cm³/mol. The molecule has 0 fully saturated rings. The highest BCUT2D eigenvalue weighted by Crippen LogP contribution is 2.32. The van der Waals surface area contributed by atoms with E-state index in [9.17, 15) is 0 Å². The highest BCUT2D eigenvalue weighted by molar-refractivity contribution is 6.31. The van der Waals surface area contributed by atoms with Crippen molar-refractivity contribution in [2.75, 3.05) is 0 Å². The van der Waals surface area contributed by atoms with E-state index < -0.39 is 11.0 Å². The number of halogens is 1. The van der Waals surface area contributed by atoms with Crippen molar-refractivity contribution in [1.82, 2.24) is 10.1 Å². The van der Waals surface area contributed by atoms with Crippen LogP contribution in [0.1, 0.15) is 45.0 Å². The minimum absolute atomic E-state index is 0.404. The number of hydrogen-bond acceptors (Lipinski definition) is 4. The minimum Gasteiger partial charge on any atom is -0.339 e. The molecule has 0 radical (unpaired) electrons.